The van der Waals surface area contributed by atoms with Gasteiger partial charge in [-0.2, -0.15) is 0 Å². The molecule has 0 atom stereocenters. The van der Waals surface area contributed by atoms with E-state index in [9.17, 15) is 9.90 Å². The highest BCUT2D eigenvalue weighted by atomic mass is 16.7. The minimum atomic E-state index is -1.09. The second kappa shape index (κ2) is 4.96. The molecule has 1 aliphatic carbocycles. The van der Waals surface area contributed by atoms with Gasteiger partial charge in [-0.25, -0.2) is 4.79 Å². The lowest BCUT2D eigenvalue weighted by atomic mass is 9.80. The first-order chi connectivity index (χ1) is 10.2. The molecule has 1 N–H and O–H groups in total. The van der Waals surface area contributed by atoms with Crippen LogP contribution in [0.1, 0.15) is 50.9 Å². The molecule has 7 heteroatoms. The van der Waals surface area contributed by atoms with Crippen molar-refractivity contribution in [1.29, 1.82) is 0 Å². The highest BCUT2D eigenvalue weighted by molar-refractivity contribution is 6.62. The van der Waals surface area contributed by atoms with E-state index in [1.807, 2.05) is 27.7 Å². The zero-order valence-electron chi connectivity index (χ0n) is 13.3. The highest BCUT2D eigenvalue weighted by Crippen LogP contribution is 2.37. The van der Waals surface area contributed by atoms with Crippen LogP contribution in [0.15, 0.2) is 12.3 Å². The van der Waals surface area contributed by atoms with Gasteiger partial charge in [0.05, 0.1) is 22.9 Å². The number of carboxylic acids is 1. The van der Waals surface area contributed by atoms with E-state index in [0.717, 1.165) is 12.8 Å². The molecule has 0 bridgehead atoms. The molecule has 118 valence electrons. The van der Waals surface area contributed by atoms with Gasteiger partial charge in [-0.15, -0.1) is 0 Å². The number of pyridine rings is 1. The Balaban J connectivity index is 1.98. The number of hydrogen-bond donors (Lipinski definition) is 1. The van der Waals surface area contributed by atoms with Gasteiger partial charge in [0.1, 0.15) is 11.3 Å². The summed E-state index contributed by atoms with van der Waals surface area (Å²) in [4.78, 5) is 15.9. The molecule has 1 saturated carbocycles. The molecule has 1 aromatic rings. The van der Waals surface area contributed by atoms with Gasteiger partial charge in [0.25, 0.3) is 0 Å². The van der Waals surface area contributed by atoms with Gasteiger partial charge >= 0.3 is 13.1 Å². The van der Waals surface area contributed by atoms with Crippen molar-refractivity contribution in [1.82, 2.24) is 4.98 Å². The van der Waals surface area contributed by atoms with E-state index in [4.69, 9.17) is 14.0 Å². The second-order valence-electron chi connectivity index (χ2n) is 6.78. The van der Waals surface area contributed by atoms with Crippen molar-refractivity contribution in [2.45, 2.75) is 57.8 Å². The van der Waals surface area contributed by atoms with Crippen LogP contribution in [0.2, 0.25) is 0 Å². The maximum atomic E-state index is 11.7. The molecule has 1 saturated heterocycles. The van der Waals surface area contributed by atoms with E-state index in [0.29, 0.717) is 5.75 Å². The summed E-state index contributed by atoms with van der Waals surface area (Å²) in [5.74, 6) is -0.761. The average Bonchev–Trinajstić information content (AvgIpc) is 3.16. The van der Waals surface area contributed by atoms with Crippen LogP contribution in [0.25, 0.3) is 0 Å². The highest BCUT2D eigenvalue weighted by Gasteiger charge is 2.53. The molecule has 0 spiro atoms. The summed E-state index contributed by atoms with van der Waals surface area (Å²) in [6.45, 7) is 7.66. The molecule has 1 aromatic heterocycles. The summed E-state index contributed by atoms with van der Waals surface area (Å²) < 4.78 is 17.5. The number of rotatable bonds is 4. The summed E-state index contributed by atoms with van der Waals surface area (Å²) in [5.41, 5.74) is -0.831. The second-order valence-corrected chi connectivity index (χ2v) is 6.78. The van der Waals surface area contributed by atoms with Gasteiger partial charge in [-0.3, -0.25) is 4.98 Å². The van der Waals surface area contributed by atoms with Crippen molar-refractivity contribution in [2.24, 2.45) is 0 Å². The Labute approximate surface area is 129 Å². The Hall–Kier alpha value is -1.60. The molecule has 0 radical (unpaired) electrons. The van der Waals surface area contributed by atoms with E-state index in [2.05, 4.69) is 4.98 Å². The van der Waals surface area contributed by atoms with Crippen molar-refractivity contribution >= 4 is 18.7 Å². The summed E-state index contributed by atoms with van der Waals surface area (Å²) in [6.07, 6.45) is 3.54. The molecular formula is C15H20BNO5. The lowest BCUT2D eigenvalue weighted by molar-refractivity contribution is 0.00578. The molecule has 2 fully saturated rings. The molecule has 22 heavy (non-hydrogen) atoms. The average molecular weight is 305 g/mol. The molecule has 2 heterocycles. The third-order valence-electron chi connectivity index (χ3n) is 4.45. The van der Waals surface area contributed by atoms with E-state index >= 15 is 0 Å². The van der Waals surface area contributed by atoms with E-state index in [-0.39, 0.29) is 17.3 Å². The monoisotopic (exact) mass is 305 g/mol. The molecule has 0 amide bonds. The quantitative estimate of drug-likeness (QED) is 0.852. The Morgan fingerprint density at radius 2 is 1.91 bits per heavy atom. The van der Waals surface area contributed by atoms with Crippen molar-refractivity contribution in [3.8, 4) is 5.75 Å². The SMILES string of the molecule is CC1(C)OB(c2nccc(OC3CC3)c2C(=O)O)OC1(C)C. The smallest absolute Gasteiger partial charge is 0.489 e. The number of aromatic nitrogens is 1. The minimum absolute atomic E-state index is 0.0212. The maximum absolute atomic E-state index is 11.7. The number of nitrogens with zero attached hydrogens (tertiary/aromatic N) is 1. The van der Waals surface area contributed by atoms with Crippen LogP contribution >= 0.6 is 0 Å². The molecule has 2 aliphatic rings. The number of hydrogen-bond acceptors (Lipinski definition) is 5. The lowest BCUT2D eigenvalue weighted by Crippen LogP contribution is -2.41. The van der Waals surface area contributed by atoms with E-state index in [1.165, 1.54) is 6.20 Å². The third-order valence-corrected chi connectivity index (χ3v) is 4.45. The van der Waals surface area contributed by atoms with Crippen molar-refractivity contribution in [2.75, 3.05) is 0 Å². The predicted octanol–water partition coefficient (Wildman–Crippen LogP) is 1.62. The molecule has 1 aliphatic heterocycles. The fraction of sp³-hybridized carbons (Fsp3) is 0.600. The summed E-state index contributed by atoms with van der Waals surface area (Å²) in [6, 6.07) is 1.58. The first-order valence-corrected chi connectivity index (χ1v) is 7.46. The van der Waals surface area contributed by atoms with Crippen molar-refractivity contribution < 1.29 is 23.9 Å². The van der Waals surface area contributed by atoms with Crippen LogP contribution in [0.5, 0.6) is 5.75 Å². The standard InChI is InChI=1S/C15H20BNO5/c1-14(2)15(3,4)22-16(21-14)12-11(13(18)19)10(7-8-17-12)20-9-5-6-9/h7-9H,5-6H2,1-4H3,(H,18,19). The minimum Gasteiger partial charge on any atom is -0.489 e. The Morgan fingerprint density at radius 3 is 2.41 bits per heavy atom. The Kier molecular flexibility index (Phi) is 3.45. The summed E-state index contributed by atoms with van der Waals surface area (Å²) in [7, 11) is -0.821. The first-order valence-electron chi connectivity index (χ1n) is 7.46. The lowest BCUT2D eigenvalue weighted by Gasteiger charge is -2.32. The van der Waals surface area contributed by atoms with Crippen molar-refractivity contribution in [3.05, 3.63) is 17.8 Å². The molecule has 6 nitrogen and oxygen atoms in total. The molecule has 3 rings (SSSR count). The number of carboxylic acid groups (broad SMARTS) is 1. The molecule has 0 unspecified atom stereocenters. The zero-order valence-corrected chi connectivity index (χ0v) is 13.3. The van der Waals surface area contributed by atoms with Crippen LogP contribution in [0, 0.1) is 0 Å². The Morgan fingerprint density at radius 1 is 1.32 bits per heavy atom. The molecule has 0 aromatic carbocycles. The van der Waals surface area contributed by atoms with Crippen LogP contribution in [-0.4, -0.2) is 40.5 Å². The number of carbonyl (C=O) groups is 1. The van der Waals surface area contributed by atoms with Gasteiger partial charge < -0.3 is 19.2 Å². The molecular weight excluding hydrogens is 285 g/mol. The van der Waals surface area contributed by atoms with Crippen LogP contribution < -0.4 is 10.3 Å². The summed E-state index contributed by atoms with van der Waals surface area (Å²) >= 11 is 0. The maximum Gasteiger partial charge on any atom is 0.515 e. The van der Waals surface area contributed by atoms with E-state index in [1.54, 1.807) is 6.07 Å². The van der Waals surface area contributed by atoms with Gasteiger partial charge in [0.15, 0.2) is 0 Å². The Bertz CT molecular complexity index is 596. The van der Waals surface area contributed by atoms with Gasteiger partial charge in [-0.1, -0.05) is 0 Å². The largest absolute Gasteiger partial charge is 0.515 e. The van der Waals surface area contributed by atoms with Gasteiger partial charge in [0.2, 0.25) is 0 Å². The number of ether oxygens (including phenoxy) is 1. The van der Waals surface area contributed by atoms with Crippen LogP contribution in [0.4, 0.5) is 0 Å². The van der Waals surface area contributed by atoms with Crippen molar-refractivity contribution in [3.63, 3.8) is 0 Å². The fourth-order valence-electron chi connectivity index (χ4n) is 2.27. The number of aromatic carboxylic acids is 1. The van der Waals surface area contributed by atoms with Gasteiger partial charge in [-0.05, 0) is 46.6 Å². The fourth-order valence-corrected chi connectivity index (χ4v) is 2.27. The van der Waals surface area contributed by atoms with E-state index < -0.39 is 24.3 Å². The van der Waals surface area contributed by atoms with Crippen LogP contribution in [-0.2, 0) is 9.31 Å². The normalized spacial score (nSPS) is 22.6. The van der Waals surface area contributed by atoms with Gasteiger partial charge in [0, 0.05) is 6.20 Å². The predicted molar refractivity (Wildman–Crippen MR) is 80.6 cm³/mol. The zero-order chi connectivity index (χ0) is 16.1. The van der Waals surface area contributed by atoms with Crippen LogP contribution in [0.3, 0.4) is 0 Å². The third kappa shape index (κ3) is 2.59. The summed E-state index contributed by atoms with van der Waals surface area (Å²) in [5, 5.41) is 9.57. The first kappa shape index (κ1) is 15.3. The topological polar surface area (TPSA) is 77.9 Å².